The van der Waals surface area contributed by atoms with Crippen LogP contribution in [0.3, 0.4) is 0 Å². The van der Waals surface area contributed by atoms with Crippen molar-refractivity contribution in [3.05, 3.63) is 28.8 Å². The largest absolute Gasteiger partial charge is 0.416 e. The molecule has 8 heteroatoms. The SMILES string of the molecule is CC(=O)[C@@H](Cl)C(=O)Nc1cc(C(F)(F)F)ccc1Cl. The average molecular weight is 314 g/mol. The summed E-state index contributed by atoms with van der Waals surface area (Å²) in [6.45, 7) is 1.09. The van der Waals surface area contributed by atoms with Gasteiger partial charge in [0, 0.05) is 0 Å². The van der Waals surface area contributed by atoms with Crippen molar-refractivity contribution in [1.29, 1.82) is 0 Å². The van der Waals surface area contributed by atoms with E-state index >= 15 is 0 Å². The number of anilines is 1. The molecule has 1 aromatic rings. The van der Waals surface area contributed by atoms with Crippen molar-refractivity contribution in [3.63, 3.8) is 0 Å². The van der Waals surface area contributed by atoms with Gasteiger partial charge in [-0.05, 0) is 25.1 Å². The first-order chi connectivity index (χ1) is 8.62. The Labute approximate surface area is 116 Å². The number of carbonyl (C=O) groups is 2. The summed E-state index contributed by atoms with van der Waals surface area (Å²) in [4.78, 5) is 22.3. The molecule has 0 spiro atoms. The quantitative estimate of drug-likeness (QED) is 0.686. The summed E-state index contributed by atoms with van der Waals surface area (Å²) in [6.07, 6.45) is -4.56. The van der Waals surface area contributed by atoms with Gasteiger partial charge in [-0.15, -0.1) is 11.6 Å². The highest BCUT2D eigenvalue weighted by Crippen LogP contribution is 2.33. The smallest absolute Gasteiger partial charge is 0.323 e. The number of Topliss-reactive ketones (excluding diaryl/α,β-unsaturated/α-hetero) is 1. The van der Waals surface area contributed by atoms with E-state index in [1.807, 2.05) is 0 Å². The number of alkyl halides is 4. The monoisotopic (exact) mass is 313 g/mol. The molecule has 0 radical (unpaired) electrons. The second kappa shape index (κ2) is 5.79. The maximum Gasteiger partial charge on any atom is 0.416 e. The molecule has 0 saturated heterocycles. The van der Waals surface area contributed by atoms with Crippen LogP contribution in [0.4, 0.5) is 18.9 Å². The number of ketones is 1. The van der Waals surface area contributed by atoms with Crippen LogP contribution in [0.1, 0.15) is 12.5 Å². The predicted octanol–water partition coefficient (Wildman–Crippen LogP) is 3.49. The molecule has 0 aliphatic carbocycles. The molecule has 0 aliphatic heterocycles. The number of halogens is 5. The number of hydrogen-bond donors (Lipinski definition) is 1. The lowest BCUT2D eigenvalue weighted by Crippen LogP contribution is -2.29. The van der Waals surface area contributed by atoms with Crippen LogP contribution < -0.4 is 5.32 Å². The lowest BCUT2D eigenvalue weighted by molar-refractivity contribution is -0.137. The summed E-state index contributed by atoms with van der Waals surface area (Å²) in [5.41, 5.74) is -1.23. The van der Waals surface area contributed by atoms with Gasteiger partial charge in [0.2, 0.25) is 5.91 Å². The van der Waals surface area contributed by atoms with Crippen molar-refractivity contribution >= 4 is 40.6 Å². The number of amides is 1. The summed E-state index contributed by atoms with van der Waals surface area (Å²) in [5, 5.41) is 0.510. The molecule has 104 valence electrons. The molecule has 0 heterocycles. The molecule has 0 aliphatic rings. The summed E-state index contributed by atoms with van der Waals surface area (Å²) in [6, 6.07) is 2.45. The molecule has 0 aromatic heterocycles. The Morgan fingerprint density at radius 2 is 1.89 bits per heavy atom. The predicted molar refractivity (Wildman–Crippen MR) is 65.4 cm³/mol. The first-order valence-electron chi connectivity index (χ1n) is 4.95. The molecule has 0 bridgehead atoms. The molecule has 1 aromatic carbocycles. The first kappa shape index (κ1) is 15.8. The minimum Gasteiger partial charge on any atom is -0.323 e. The van der Waals surface area contributed by atoms with Crippen LogP contribution in [-0.4, -0.2) is 17.1 Å². The highest BCUT2D eigenvalue weighted by Gasteiger charge is 2.31. The van der Waals surface area contributed by atoms with Gasteiger partial charge in [-0.1, -0.05) is 11.6 Å². The number of nitrogens with one attached hydrogen (secondary N) is 1. The van der Waals surface area contributed by atoms with Gasteiger partial charge in [0.25, 0.3) is 0 Å². The fourth-order valence-corrected chi connectivity index (χ4v) is 1.40. The van der Waals surface area contributed by atoms with E-state index < -0.39 is 28.8 Å². The molecule has 19 heavy (non-hydrogen) atoms. The summed E-state index contributed by atoms with van der Waals surface area (Å²) >= 11 is 11.1. The van der Waals surface area contributed by atoms with Gasteiger partial charge in [0.15, 0.2) is 11.2 Å². The number of benzene rings is 1. The Morgan fingerprint density at radius 1 is 1.32 bits per heavy atom. The molecule has 0 saturated carbocycles. The van der Waals surface area contributed by atoms with Crippen molar-refractivity contribution in [2.24, 2.45) is 0 Å². The van der Waals surface area contributed by atoms with Gasteiger partial charge in [-0.3, -0.25) is 9.59 Å². The van der Waals surface area contributed by atoms with Crippen LogP contribution in [0, 0.1) is 0 Å². The van der Waals surface area contributed by atoms with Gasteiger partial charge in [-0.2, -0.15) is 13.2 Å². The van der Waals surface area contributed by atoms with Gasteiger partial charge in [-0.25, -0.2) is 0 Å². The Hall–Kier alpha value is -1.27. The second-order valence-corrected chi connectivity index (χ2v) is 4.50. The molecule has 0 fully saturated rings. The summed E-state index contributed by atoms with van der Waals surface area (Å²) < 4.78 is 37.5. The second-order valence-electron chi connectivity index (χ2n) is 3.65. The minimum atomic E-state index is -4.56. The molecular weight excluding hydrogens is 306 g/mol. The zero-order valence-corrected chi connectivity index (χ0v) is 11.0. The third-order valence-electron chi connectivity index (χ3n) is 2.14. The third kappa shape index (κ3) is 4.11. The van der Waals surface area contributed by atoms with E-state index in [9.17, 15) is 22.8 Å². The summed E-state index contributed by atoms with van der Waals surface area (Å²) in [5.74, 6) is -1.56. The van der Waals surface area contributed by atoms with Crippen LogP contribution in [0.2, 0.25) is 5.02 Å². The van der Waals surface area contributed by atoms with E-state index in [1.165, 1.54) is 0 Å². The van der Waals surface area contributed by atoms with Crippen LogP contribution in [0.25, 0.3) is 0 Å². The Kier molecular flexibility index (Phi) is 4.81. The van der Waals surface area contributed by atoms with Crippen LogP contribution in [-0.2, 0) is 15.8 Å². The summed E-state index contributed by atoms with van der Waals surface area (Å²) in [7, 11) is 0. The number of rotatable bonds is 3. The number of carbonyl (C=O) groups excluding carboxylic acids is 2. The third-order valence-corrected chi connectivity index (χ3v) is 2.97. The highest BCUT2D eigenvalue weighted by atomic mass is 35.5. The van der Waals surface area contributed by atoms with Gasteiger partial charge in [0.1, 0.15) is 0 Å². The average Bonchev–Trinajstić information content (AvgIpc) is 2.29. The Balaban J connectivity index is 3.01. The molecule has 3 nitrogen and oxygen atoms in total. The Morgan fingerprint density at radius 3 is 2.37 bits per heavy atom. The van der Waals surface area contributed by atoms with E-state index in [1.54, 1.807) is 0 Å². The van der Waals surface area contributed by atoms with E-state index in [4.69, 9.17) is 23.2 Å². The lowest BCUT2D eigenvalue weighted by atomic mass is 10.2. The van der Waals surface area contributed by atoms with Gasteiger partial charge < -0.3 is 5.32 Å². The van der Waals surface area contributed by atoms with E-state index in [0.717, 1.165) is 19.1 Å². The first-order valence-corrected chi connectivity index (χ1v) is 5.76. The van der Waals surface area contributed by atoms with Crippen molar-refractivity contribution in [2.75, 3.05) is 5.32 Å². The fraction of sp³-hybridized carbons (Fsp3) is 0.273. The normalized spacial score (nSPS) is 12.9. The van der Waals surface area contributed by atoms with E-state index in [-0.39, 0.29) is 10.7 Å². The van der Waals surface area contributed by atoms with Crippen LogP contribution >= 0.6 is 23.2 Å². The van der Waals surface area contributed by atoms with Crippen molar-refractivity contribution in [1.82, 2.24) is 0 Å². The van der Waals surface area contributed by atoms with Gasteiger partial charge >= 0.3 is 6.18 Å². The Bertz CT molecular complexity index is 517. The van der Waals surface area contributed by atoms with Crippen LogP contribution in [0.15, 0.2) is 18.2 Å². The minimum absolute atomic E-state index is 0.0891. The number of hydrogen-bond acceptors (Lipinski definition) is 2. The maximum absolute atomic E-state index is 12.5. The molecule has 1 rings (SSSR count). The van der Waals surface area contributed by atoms with E-state index in [0.29, 0.717) is 6.07 Å². The van der Waals surface area contributed by atoms with E-state index in [2.05, 4.69) is 5.32 Å². The van der Waals surface area contributed by atoms with Gasteiger partial charge in [0.05, 0.1) is 16.3 Å². The standard InChI is InChI=1S/C11H8Cl2F3NO2/c1-5(18)9(13)10(19)17-8-4-6(11(14,15)16)2-3-7(8)12/h2-4,9H,1H3,(H,17,19)/t9-/m1/s1. The van der Waals surface area contributed by atoms with Crippen molar-refractivity contribution < 1.29 is 22.8 Å². The van der Waals surface area contributed by atoms with Crippen molar-refractivity contribution in [3.8, 4) is 0 Å². The molecule has 1 N–H and O–H groups in total. The topological polar surface area (TPSA) is 46.2 Å². The molecule has 1 atom stereocenters. The zero-order chi connectivity index (χ0) is 14.8. The lowest BCUT2D eigenvalue weighted by Gasteiger charge is -2.12. The molecule has 1 amide bonds. The molecular formula is C11H8Cl2F3NO2. The van der Waals surface area contributed by atoms with Crippen molar-refractivity contribution in [2.45, 2.75) is 18.5 Å². The highest BCUT2D eigenvalue weighted by molar-refractivity contribution is 6.43. The van der Waals surface area contributed by atoms with Crippen LogP contribution in [0.5, 0.6) is 0 Å². The fourth-order valence-electron chi connectivity index (χ4n) is 1.18. The maximum atomic E-state index is 12.5. The zero-order valence-electron chi connectivity index (χ0n) is 9.52. The molecule has 0 unspecified atom stereocenters.